The van der Waals surface area contributed by atoms with E-state index in [0.29, 0.717) is 11.3 Å². The van der Waals surface area contributed by atoms with Crippen LogP contribution in [0.5, 0.6) is 0 Å². The molecule has 2 N–H and O–H groups in total. The Morgan fingerprint density at radius 3 is 2.27 bits per heavy atom. The van der Waals surface area contributed by atoms with Gasteiger partial charge in [-0.1, -0.05) is 6.07 Å². The van der Waals surface area contributed by atoms with E-state index in [1.165, 1.54) is 25.5 Å². The maximum absolute atomic E-state index is 12.9. The number of hydrogen-bond donors (Lipinski definition) is 2. The zero-order valence-corrected chi connectivity index (χ0v) is 14.7. The molecule has 4 fully saturated rings. The Hall–Kier alpha value is -2.79. The van der Waals surface area contributed by atoms with Gasteiger partial charge in [-0.05, 0) is 74.5 Å². The molecule has 0 radical (unpaired) electrons. The fourth-order valence-corrected chi connectivity index (χ4v) is 5.57. The van der Waals surface area contributed by atoms with Crippen molar-refractivity contribution in [3.05, 3.63) is 41.6 Å². The van der Waals surface area contributed by atoms with Crippen LogP contribution in [0.3, 0.4) is 0 Å². The lowest BCUT2D eigenvalue weighted by molar-refractivity contribution is -0.0167. The number of anilines is 1. The Morgan fingerprint density at radius 1 is 1.08 bits per heavy atom. The van der Waals surface area contributed by atoms with Crippen molar-refractivity contribution in [3.63, 3.8) is 0 Å². The summed E-state index contributed by atoms with van der Waals surface area (Å²) in [7, 11) is 0. The molecule has 1 aromatic rings. The first-order valence-corrected chi connectivity index (χ1v) is 9.28. The van der Waals surface area contributed by atoms with Crippen LogP contribution in [0.15, 0.2) is 36.0 Å². The number of nitriles is 2. The van der Waals surface area contributed by atoms with Crippen molar-refractivity contribution in [2.24, 2.45) is 17.8 Å². The first-order valence-electron chi connectivity index (χ1n) is 9.28. The van der Waals surface area contributed by atoms with Crippen LogP contribution < -0.4 is 10.6 Å². The second-order valence-electron chi connectivity index (χ2n) is 8.16. The van der Waals surface area contributed by atoms with Gasteiger partial charge in [-0.15, -0.1) is 0 Å². The number of carbonyl (C=O) groups excluding carboxylic acids is 1. The molecule has 1 amide bonds. The zero-order valence-electron chi connectivity index (χ0n) is 14.7. The van der Waals surface area contributed by atoms with E-state index < -0.39 is 0 Å². The summed E-state index contributed by atoms with van der Waals surface area (Å²) in [6, 6.07) is 10.8. The second-order valence-corrected chi connectivity index (χ2v) is 8.16. The normalized spacial score (nSPS) is 30.8. The predicted octanol–water partition coefficient (Wildman–Crippen LogP) is 3.73. The Labute approximate surface area is 153 Å². The third-order valence-corrected chi connectivity index (χ3v) is 6.17. The van der Waals surface area contributed by atoms with E-state index >= 15 is 0 Å². The van der Waals surface area contributed by atoms with Crippen molar-refractivity contribution >= 4 is 11.6 Å². The van der Waals surface area contributed by atoms with Gasteiger partial charge in [-0.25, -0.2) is 0 Å². The second kappa shape index (κ2) is 6.50. The van der Waals surface area contributed by atoms with Crippen molar-refractivity contribution in [2.45, 2.75) is 44.1 Å². The Bertz CT molecular complexity index is 791. The maximum atomic E-state index is 12.9. The quantitative estimate of drug-likeness (QED) is 0.813. The monoisotopic (exact) mass is 346 g/mol. The first-order chi connectivity index (χ1) is 12.6. The smallest absolute Gasteiger partial charge is 0.251 e. The van der Waals surface area contributed by atoms with E-state index in [9.17, 15) is 4.79 Å². The van der Waals surface area contributed by atoms with Crippen LogP contribution in [0.4, 0.5) is 5.69 Å². The number of nitrogens with one attached hydrogen (secondary N) is 2. The van der Waals surface area contributed by atoms with Crippen LogP contribution in [0.25, 0.3) is 0 Å². The molecule has 4 saturated carbocycles. The average molecular weight is 346 g/mol. The first kappa shape index (κ1) is 16.7. The van der Waals surface area contributed by atoms with Gasteiger partial charge in [-0.3, -0.25) is 4.79 Å². The number of nitrogens with zero attached hydrogens (tertiary/aromatic N) is 2. The Kier molecular flexibility index (Phi) is 4.17. The van der Waals surface area contributed by atoms with Crippen molar-refractivity contribution < 1.29 is 4.79 Å². The molecule has 0 aliphatic heterocycles. The number of rotatable bonds is 4. The van der Waals surface area contributed by atoms with Crippen LogP contribution in [0, 0.1) is 40.4 Å². The van der Waals surface area contributed by atoms with Gasteiger partial charge >= 0.3 is 0 Å². The lowest BCUT2D eigenvalue weighted by Crippen LogP contribution is -2.59. The molecule has 0 saturated heterocycles. The molecule has 1 aromatic carbocycles. The van der Waals surface area contributed by atoms with Gasteiger partial charge in [0.05, 0.1) is 0 Å². The van der Waals surface area contributed by atoms with E-state index in [2.05, 4.69) is 10.6 Å². The van der Waals surface area contributed by atoms with Gasteiger partial charge in [0.2, 0.25) is 0 Å². The van der Waals surface area contributed by atoms with Crippen molar-refractivity contribution in [1.29, 1.82) is 10.5 Å². The minimum Gasteiger partial charge on any atom is -0.360 e. The summed E-state index contributed by atoms with van der Waals surface area (Å²) in [5.41, 5.74) is 1.28. The number of benzene rings is 1. The van der Waals surface area contributed by atoms with Crippen LogP contribution >= 0.6 is 0 Å². The molecule has 0 unspecified atom stereocenters. The standard InChI is InChI=1S/C21H22N4O/c22-11-17(12-23)13-24-19-3-1-2-18(7-19)20(26)25-21-8-14-4-15(9-21)6-16(5-14)10-21/h1-3,7,13-16,24H,4-6,8-10H2,(H,25,26). The van der Waals surface area contributed by atoms with Crippen molar-refractivity contribution in [1.82, 2.24) is 5.32 Å². The van der Waals surface area contributed by atoms with Crippen molar-refractivity contribution in [2.75, 3.05) is 5.32 Å². The van der Waals surface area contributed by atoms with Crippen LogP contribution in [-0.4, -0.2) is 11.4 Å². The molecule has 4 bridgehead atoms. The average Bonchev–Trinajstić information content (AvgIpc) is 2.61. The maximum Gasteiger partial charge on any atom is 0.251 e. The summed E-state index contributed by atoms with van der Waals surface area (Å²) in [6.45, 7) is 0. The van der Waals surface area contributed by atoms with Gasteiger partial charge in [0, 0.05) is 23.0 Å². The Balaban J connectivity index is 1.47. The van der Waals surface area contributed by atoms with Gasteiger partial charge < -0.3 is 10.6 Å². The van der Waals surface area contributed by atoms with Gasteiger partial charge in [-0.2, -0.15) is 10.5 Å². The minimum atomic E-state index is -0.0274. The molecule has 0 heterocycles. The van der Waals surface area contributed by atoms with Crippen LogP contribution in [0.1, 0.15) is 48.9 Å². The topological polar surface area (TPSA) is 88.7 Å². The lowest BCUT2D eigenvalue weighted by atomic mass is 9.53. The molecule has 5 rings (SSSR count). The molecule has 132 valence electrons. The molecule has 0 atom stereocenters. The molecule has 5 heteroatoms. The summed E-state index contributed by atoms with van der Waals surface area (Å²) < 4.78 is 0. The van der Waals surface area contributed by atoms with Gasteiger partial charge in [0.25, 0.3) is 5.91 Å². The van der Waals surface area contributed by atoms with E-state index in [1.54, 1.807) is 24.3 Å². The number of carbonyl (C=O) groups is 1. The molecule has 4 aliphatic rings. The summed E-state index contributed by atoms with van der Waals surface area (Å²) >= 11 is 0. The highest BCUT2D eigenvalue weighted by molar-refractivity contribution is 5.95. The van der Waals surface area contributed by atoms with Crippen LogP contribution in [-0.2, 0) is 0 Å². The zero-order chi connectivity index (χ0) is 18.1. The molecule has 0 aromatic heterocycles. The van der Waals surface area contributed by atoms with Crippen molar-refractivity contribution in [3.8, 4) is 12.1 Å². The van der Waals surface area contributed by atoms with E-state index in [1.807, 2.05) is 12.1 Å². The Morgan fingerprint density at radius 2 is 1.69 bits per heavy atom. The summed E-state index contributed by atoms with van der Waals surface area (Å²) in [5, 5.41) is 23.9. The fraction of sp³-hybridized carbons (Fsp3) is 0.476. The molecule has 0 spiro atoms. The van der Waals surface area contributed by atoms with Gasteiger partial charge in [0.1, 0.15) is 17.7 Å². The highest BCUT2D eigenvalue weighted by Gasteiger charge is 2.51. The SMILES string of the molecule is N#CC(C#N)=CNc1cccc(C(=O)NC23CC4CC(CC(C4)C2)C3)c1. The highest BCUT2D eigenvalue weighted by atomic mass is 16.1. The summed E-state index contributed by atoms with van der Waals surface area (Å²) in [6.07, 6.45) is 8.77. The third-order valence-electron chi connectivity index (χ3n) is 6.17. The lowest BCUT2D eigenvalue weighted by Gasteiger charge is -2.56. The third kappa shape index (κ3) is 3.18. The molecular formula is C21H22N4O. The van der Waals surface area contributed by atoms with E-state index in [0.717, 1.165) is 37.0 Å². The predicted molar refractivity (Wildman–Crippen MR) is 97.7 cm³/mol. The minimum absolute atomic E-state index is 0.00609. The fourth-order valence-electron chi connectivity index (χ4n) is 5.57. The molecule has 5 nitrogen and oxygen atoms in total. The summed E-state index contributed by atoms with van der Waals surface area (Å²) in [4.78, 5) is 12.9. The molecular weight excluding hydrogens is 324 g/mol. The highest BCUT2D eigenvalue weighted by Crippen LogP contribution is 2.55. The molecule has 26 heavy (non-hydrogen) atoms. The van der Waals surface area contributed by atoms with Gasteiger partial charge in [0.15, 0.2) is 0 Å². The van der Waals surface area contributed by atoms with Crippen LogP contribution in [0.2, 0.25) is 0 Å². The van der Waals surface area contributed by atoms with E-state index in [4.69, 9.17) is 10.5 Å². The van der Waals surface area contributed by atoms with E-state index in [-0.39, 0.29) is 17.0 Å². The largest absolute Gasteiger partial charge is 0.360 e. The molecule has 4 aliphatic carbocycles. The number of hydrogen-bond acceptors (Lipinski definition) is 4. The summed E-state index contributed by atoms with van der Waals surface area (Å²) in [5.74, 6) is 2.33. The number of amides is 1. The number of allylic oxidation sites excluding steroid dienone is 1.